The van der Waals surface area contributed by atoms with Crippen LogP contribution in [0.15, 0.2) is 34.0 Å². The van der Waals surface area contributed by atoms with Crippen molar-refractivity contribution in [1.29, 1.82) is 0 Å². The van der Waals surface area contributed by atoms with Crippen molar-refractivity contribution in [2.45, 2.75) is 20.3 Å². The van der Waals surface area contributed by atoms with Gasteiger partial charge in [0.05, 0.1) is 11.1 Å². The standard InChI is InChI=1S/C10H13BrO.CH4O/c1-7(2)6-9(11)10-8(3)4-5-12-10;1-2/h6H,3-5H2,1-2H3;2H,1H3/b10-9-;. The number of hydrogen-bond acceptors (Lipinski definition) is 2. The van der Waals surface area contributed by atoms with E-state index in [1.54, 1.807) is 0 Å². The van der Waals surface area contributed by atoms with Gasteiger partial charge in [-0.15, -0.1) is 0 Å². The molecular formula is C11H17BrO2. The number of aliphatic hydroxyl groups is 1. The van der Waals surface area contributed by atoms with Crippen molar-refractivity contribution in [1.82, 2.24) is 0 Å². The van der Waals surface area contributed by atoms with Gasteiger partial charge in [-0.25, -0.2) is 0 Å². The summed E-state index contributed by atoms with van der Waals surface area (Å²) in [6.07, 6.45) is 2.99. The second kappa shape index (κ2) is 6.85. The fourth-order valence-electron chi connectivity index (χ4n) is 1.05. The van der Waals surface area contributed by atoms with Crippen LogP contribution in [-0.2, 0) is 4.74 Å². The molecule has 1 aliphatic heterocycles. The first-order valence-corrected chi connectivity index (χ1v) is 5.21. The zero-order valence-corrected chi connectivity index (χ0v) is 10.5. The summed E-state index contributed by atoms with van der Waals surface area (Å²) in [4.78, 5) is 0. The Labute approximate surface area is 94.1 Å². The van der Waals surface area contributed by atoms with Gasteiger partial charge in [0, 0.05) is 13.5 Å². The lowest BCUT2D eigenvalue weighted by atomic mass is 10.2. The molecule has 0 aromatic rings. The first-order valence-electron chi connectivity index (χ1n) is 4.41. The average molecular weight is 261 g/mol. The van der Waals surface area contributed by atoms with Crippen molar-refractivity contribution >= 4 is 15.9 Å². The van der Waals surface area contributed by atoms with Crippen molar-refractivity contribution in [3.05, 3.63) is 34.0 Å². The van der Waals surface area contributed by atoms with Crippen molar-refractivity contribution in [3.63, 3.8) is 0 Å². The predicted molar refractivity (Wildman–Crippen MR) is 63.2 cm³/mol. The summed E-state index contributed by atoms with van der Waals surface area (Å²) in [5.41, 5.74) is 2.33. The van der Waals surface area contributed by atoms with Gasteiger partial charge in [-0.1, -0.05) is 12.2 Å². The molecule has 2 nitrogen and oxygen atoms in total. The lowest BCUT2D eigenvalue weighted by Gasteiger charge is -2.01. The van der Waals surface area contributed by atoms with Gasteiger partial charge in [0.1, 0.15) is 5.76 Å². The zero-order chi connectivity index (χ0) is 11.1. The highest BCUT2D eigenvalue weighted by molar-refractivity contribution is 9.11. The van der Waals surface area contributed by atoms with Crippen LogP contribution in [0.1, 0.15) is 20.3 Å². The molecule has 1 saturated heterocycles. The Bertz CT molecular complexity index is 260. The lowest BCUT2D eigenvalue weighted by molar-refractivity contribution is 0.265. The van der Waals surface area contributed by atoms with Gasteiger partial charge >= 0.3 is 0 Å². The van der Waals surface area contributed by atoms with Crippen LogP contribution in [0.2, 0.25) is 0 Å². The summed E-state index contributed by atoms with van der Waals surface area (Å²) in [6, 6.07) is 0. The molecule has 0 aliphatic carbocycles. The Kier molecular flexibility index (Phi) is 6.58. The maximum atomic E-state index is 7.00. The molecule has 0 saturated carbocycles. The van der Waals surface area contributed by atoms with Crippen LogP contribution in [0, 0.1) is 0 Å². The van der Waals surface area contributed by atoms with E-state index < -0.39 is 0 Å². The monoisotopic (exact) mass is 260 g/mol. The first-order chi connectivity index (χ1) is 6.61. The third-order valence-electron chi connectivity index (χ3n) is 1.60. The number of ether oxygens (including phenoxy) is 1. The Morgan fingerprint density at radius 2 is 2.07 bits per heavy atom. The number of hydrogen-bond donors (Lipinski definition) is 1. The lowest BCUT2D eigenvalue weighted by Crippen LogP contribution is -1.83. The molecule has 1 N–H and O–H groups in total. The molecule has 1 fully saturated rings. The van der Waals surface area contributed by atoms with E-state index in [2.05, 4.69) is 36.4 Å². The van der Waals surface area contributed by atoms with Gasteiger partial charge in [0.25, 0.3) is 0 Å². The van der Waals surface area contributed by atoms with Gasteiger partial charge in [0.15, 0.2) is 0 Å². The van der Waals surface area contributed by atoms with Crippen molar-refractivity contribution in [2.75, 3.05) is 13.7 Å². The number of halogens is 1. The molecule has 0 bridgehead atoms. The fourth-order valence-corrected chi connectivity index (χ4v) is 1.90. The maximum Gasteiger partial charge on any atom is 0.136 e. The first kappa shape index (κ1) is 13.5. The largest absolute Gasteiger partial charge is 0.492 e. The SMILES string of the molecule is C=C1CCO/C1=C(\Br)C=C(C)C.CO. The van der Waals surface area contributed by atoms with E-state index >= 15 is 0 Å². The molecule has 1 aliphatic rings. The van der Waals surface area contributed by atoms with E-state index in [1.807, 2.05) is 6.08 Å². The molecular weight excluding hydrogens is 244 g/mol. The molecule has 1 rings (SSSR count). The molecule has 0 aromatic heterocycles. The fraction of sp³-hybridized carbons (Fsp3) is 0.455. The number of aliphatic hydroxyl groups excluding tert-OH is 1. The van der Waals surface area contributed by atoms with E-state index in [0.29, 0.717) is 0 Å². The zero-order valence-electron chi connectivity index (χ0n) is 8.93. The van der Waals surface area contributed by atoms with E-state index in [9.17, 15) is 0 Å². The van der Waals surface area contributed by atoms with Gasteiger partial charge in [-0.05, 0) is 41.4 Å². The van der Waals surface area contributed by atoms with Crippen molar-refractivity contribution < 1.29 is 9.84 Å². The molecule has 0 unspecified atom stereocenters. The molecule has 14 heavy (non-hydrogen) atoms. The molecule has 0 aromatic carbocycles. The summed E-state index contributed by atoms with van der Waals surface area (Å²) in [6.45, 7) is 8.80. The smallest absolute Gasteiger partial charge is 0.136 e. The molecule has 0 spiro atoms. The summed E-state index contributed by atoms with van der Waals surface area (Å²) in [7, 11) is 1.00. The molecule has 3 heteroatoms. The third kappa shape index (κ3) is 4.11. The second-order valence-corrected chi connectivity index (χ2v) is 3.96. The highest BCUT2D eigenvalue weighted by atomic mass is 79.9. The van der Waals surface area contributed by atoms with Gasteiger partial charge < -0.3 is 9.84 Å². The minimum absolute atomic E-state index is 0.764. The van der Waals surface area contributed by atoms with Gasteiger partial charge in [-0.2, -0.15) is 0 Å². The van der Waals surface area contributed by atoms with Gasteiger partial charge in [0.2, 0.25) is 0 Å². The Hall–Kier alpha value is -0.540. The maximum absolute atomic E-state index is 7.00. The van der Waals surface area contributed by atoms with Crippen LogP contribution in [0.3, 0.4) is 0 Å². The number of rotatable bonds is 1. The topological polar surface area (TPSA) is 29.5 Å². The number of allylic oxidation sites excluding steroid dienone is 4. The summed E-state index contributed by atoms with van der Waals surface area (Å²) in [5.74, 6) is 0.913. The summed E-state index contributed by atoms with van der Waals surface area (Å²) < 4.78 is 6.42. The molecule has 1 heterocycles. The van der Waals surface area contributed by atoms with Crippen LogP contribution in [-0.4, -0.2) is 18.8 Å². The van der Waals surface area contributed by atoms with E-state index in [-0.39, 0.29) is 0 Å². The molecule has 80 valence electrons. The predicted octanol–water partition coefficient (Wildman–Crippen LogP) is 3.14. The third-order valence-corrected chi connectivity index (χ3v) is 2.19. The van der Waals surface area contributed by atoms with E-state index in [1.165, 1.54) is 5.57 Å². The Morgan fingerprint density at radius 3 is 2.43 bits per heavy atom. The molecule has 0 radical (unpaired) electrons. The Balaban J connectivity index is 0.000000791. The van der Waals surface area contributed by atoms with E-state index in [4.69, 9.17) is 9.84 Å². The Morgan fingerprint density at radius 1 is 1.50 bits per heavy atom. The minimum Gasteiger partial charge on any atom is -0.492 e. The highest BCUT2D eigenvalue weighted by Crippen LogP contribution is 2.29. The average Bonchev–Trinajstić information content (AvgIpc) is 2.54. The highest BCUT2D eigenvalue weighted by Gasteiger charge is 2.15. The second-order valence-electron chi connectivity index (χ2n) is 3.10. The van der Waals surface area contributed by atoms with Crippen LogP contribution in [0.5, 0.6) is 0 Å². The molecule has 0 atom stereocenters. The van der Waals surface area contributed by atoms with Gasteiger partial charge in [-0.3, -0.25) is 0 Å². The summed E-state index contributed by atoms with van der Waals surface area (Å²) in [5, 5.41) is 7.00. The van der Waals surface area contributed by atoms with Crippen LogP contribution in [0.25, 0.3) is 0 Å². The minimum atomic E-state index is 0.764. The summed E-state index contributed by atoms with van der Waals surface area (Å²) >= 11 is 3.46. The van der Waals surface area contributed by atoms with Crippen LogP contribution < -0.4 is 0 Å². The van der Waals surface area contributed by atoms with Crippen molar-refractivity contribution in [3.8, 4) is 0 Å². The van der Waals surface area contributed by atoms with Crippen LogP contribution >= 0.6 is 15.9 Å². The quantitative estimate of drug-likeness (QED) is 0.785. The molecule has 0 amide bonds. The van der Waals surface area contributed by atoms with E-state index in [0.717, 1.165) is 36.0 Å². The normalized spacial score (nSPS) is 17.9. The van der Waals surface area contributed by atoms with Crippen LogP contribution in [0.4, 0.5) is 0 Å². The van der Waals surface area contributed by atoms with Crippen molar-refractivity contribution in [2.24, 2.45) is 0 Å².